The molecule has 3 aromatic carbocycles. The molecule has 0 spiro atoms. The molecule has 156 valence electrons. The Hall–Kier alpha value is -4.13. The third-order valence-electron chi connectivity index (χ3n) is 4.80. The maximum atomic E-state index is 13.3. The highest BCUT2D eigenvalue weighted by atomic mass is 19.1. The number of methoxy groups -OCH3 is 2. The number of rotatable bonds is 5. The van der Waals surface area contributed by atoms with Gasteiger partial charge in [0.25, 0.3) is 5.91 Å². The molecule has 1 heterocycles. The first-order valence-electron chi connectivity index (χ1n) is 9.37. The molecule has 1 N–H and O–H groups in total. The lowest BCUT2D eigenvalue weighted by Gasteiger charge is -2.13. The zero-order chi connectivity index (χ0) is 22.0. The van der Waals surface area contributed by atoms with E-state index in [9.17, 15) is 14.0 Å². The number of carbonyl (C=O) groups is 1. The van der Waals surface area contributed by atoms with Gasteiger partial charge in [-0.2, -0.15) is 0 Å². The summed E-state index contributed by atoms with van der Waals surface area (Å²) >= 11 is 0. The number of amides is 1. The van der Waals surface area contributed by atoms with Crippen LogP contribution in [0.5, 0.6) is 11.5 Å². The number of carbonyl (C=O) groups excluding carboxylic acids is 1. The SMILES string of the molecule is COc1ccc(-c2c(NC(=O)c3ccc(F)cc3)oc3ccccc3c2=O)cc1OC. The monoisotopic (exact) mass is 419 g/mol. The van der Waals surface area contributed by atoms with Crippen LogP contribution in [0.4, 0.5) is 10.3 Å². The maximum absolute atomic E-state index is 13.3. The van der Waals surface area contributed by atoms with Gasteiger partial charge >= 0.3 is 0 Å². The molecule has 0 atom stereocenters. The molecule has 7 heteroatoms. The van der Waals surface area contributed by atoms with E-state index in [1.807, 2.05) is 0 Å². The summed E-state index contributed by atoms with van der Waals surface area (Å²) in [4.78, 5) is 26.1. The third kappa shape index (κ3) is 3.85. The number of nitrogens with one attached hydrogen (secondary N) is 1. The first kappa shape index (κ1) is 20.2. The Morgan fingerprint density at radius 2 is 1.65 bits per heavy atom. The molecule has 4 aromatic rings. The number of ether oxygens (including phenoxy) is 2. The molecular formula is C24H18FNO5. The van der Waals surface area contributed by atoms with E-state index in [4.69, 9.17) is 13.9 Å². The van der Waals surface area contributed by atoms with Crippen LogP contribution in [0.3, 0.4) is 0 Å². The van der Waals surface area contributed by atoms with Crippen LogP contribution in [-0.4, -0.2) is 20.1 Å². The van der Waals surface area contributed by atoms with Gasteiger partial charge in [-0.15, -0.1) is 0 Å². The molecule has 0 aliphatic heterocycles. The van der Waals surface area contributed by atoms with Gasteiger partial charge in [-0.25, -0.2) is 4.39 Å². The van der Waals surface area contributed by atoms with Gasteiger partial charge in [0.15, 0.2) is 11.5 Å². The van der Waals surface area contributed by atoms with Crippen LogP contribution < -0.4 is 20.2 Å². The van der Waals surface area contributed by atoms with Crippen molar-refractivity contribution in [1.29, 1.82) is 0 Å². The number of hydrogen-bond donors (Lipinski definition) is 1. The van der Waals surface area contributed by atoms with Crippen molar-refractivity contribution in [1.82, 2.24) is 0 Å². The van der Waals surface area contributed by atoms with Crippen LogP contribution in [0.1, 0.15) is 10.4 Å². The van der Waals surface area contributed by atoms with Crippen molar-refractivity contribution in [3.63, 3.8) is 0 Å². The van der Waals surface area contributed by atoms with E-state index in [2.05, 4.69) is 5.32 Å². The fourth-order valence-corrected chi connectivity index (χ4v) is 3.26. The summed E-state index contributed by atoms with van der Waals surface area (Å²) in [5.41, 5.74) is 0.867. The van der Waals surface area contributed by atoms with Crippen LogP contribution in [0.2, 0.25) is 0 Å². The van der Waals surface area contributed by atoms with E-state index in [1.165, 1.54) is 38.5 Å². The van der Waals surface area contributed by atoms with E-state index in [-0.39, 0.29) is 22.4 Å². The average Bonchev–Trinajstić information content (AvgIpc) is 2.79. The van der Waals surface area contributed by atoms with Gasteiger partial charge in [0.05, 0.1) is 25.2 Å². The average molecular weight is 419 g/mol. The van der Waals surface area contributed by atoms with Crippen LogP contribution in [0.25, 0.3) is 22.1 Å². The lowest BCUT2D eigenvalue weighted by atomic mass is 10.0. The van der Waals surface area contributed by atoms with Crippen molar-refractivity contribution < 1.29 is 23.1 Å². The Morgan fingerprint density at radius 3 is 2.35 bits per heavy atom. The topological polar surface area (TPSA) is 77.8 Å². The van der Waals surface area contributed by atoms with Crippen molar-refractivity contribution in [2.24, 2.45) is 0 Å². The van der Waals surface area contributed by atoms with Crippen LogP contribution in [-0.2, 0) is 0 Å². The second-order valence-corrected chi connectivity index (χ2v) is 6.66. The van der Waals surface area contributed by atoms with Crippen molar-refractivity contribution in [3.05, 3.63) is 88.3 Å². The summed E-state index contributed by atoms with van der Waals surface area (Å²) in [6, 6.07) is 16.8. The standard InChI is InChI=1S/C24H18FNO5/c1-29-19-12-9-15(13-20(19)30-2)21-22(27)17-5-3-4-6-18(17)31-24(21)26-23(28)14-7-10-16(25)11-8-14/h3-13H,1-2H3,(H,26,28). The summed E-state index contributed by atoms with van der Waals surface area (Å²) in [7, 11) is 3.00. The number of halogens is 1. The molecule has 0 saturated heterocycles. The van der Waals surface area contributed by atoms with Crippen LogP contribution >= 0.6 is 0 Å². The molecule has 0 aliphatic rings. The van der Waals surface area contributed by atoms with E-state index in [0.717, 1.165) is 0 Å². The summed E-state index contributed by atoms with van der Waals surface area (Å²) < 4.78 is 29.7. The quantitative estimate of drug-likeness (QED) is 0.499. The van der Waals surface area contributed by atoms with Crippen LogP contribution in [0, 0.1) is 5.82 Å². The minimum atomic E-state index is -0.542. The predicted molar refractivity (Wildman–Crippen MR) is 115 cm³/mol. The Morgan fingerprint density at radius 1 is 0.935 bits per heavy atom. The van der Waals surface area contributed by atoms with Gasteiger partial charge in [-0.1, -0.05) is 18.2 Å². The van der Waals surface area contributed by atoms with Crippen molar-refractivity contribution in [2.75, 3.05) is 19.5 Å². The van der Waals surface area contributed by atoms with Gasteiger partial charge in [-0.3, -0.25) is 14.9 Å². The highest BCUT2D eigenvalue weighted by Gasteiger charge is 2.20. The minimum Gasteiger partial charge on any atom is -0.493 e. The van der Waals surface area contributed by atoms with Crippen molar-refractivity contribution in [3.8, 4) is 22.6 Å². The largest absolute Gasteiger partial charge is 0.493 e. The summed E-state index contributed by atoms with van der Waals surface area (Å²) in [6.07, 6.45) is 0. The zero-order valence-corrected chi connectivity index (χ0v) is 16.8. The number of benzene rings is 3. The number of para-hydroxylation sites is 1. The molecule has 0 aliphatic carbocycles. The van der Waals surface area contributed by atoms with E-state index < -0.39 is 11.7 Å². The molecule has 0 fully saturated rings. The molecule has 0 saturated carbocycles. The fourth-order valence-electron chi connectivity index (χ4n) is 3.26. The Bertz CT molecular complexity index is 1330. The molecule has 6 nitrogen and oxygen atoms in total. The highest BCUT2D eigenvalue weighted by Crippen LogP contribution is 2.35. The molecular weight excluding hydrogens is 401 g/mol. The first-order valence-corrected chi connectivity index (χ1v) is 9.37. The van der Waals surface area contributed by atoms with E-state index in [0.29, 0.717) is 28.0 Å². The lowest BCUT2D eigenvalue weighted by Crippen LogP contribution is -2.16. The fraction of sp³-hybridized carbons (Fsp3) is 0.0833. The van der Waals surface area contributed by atoms with Crippen molar-refractivity contribution >= 4 is 22.8 Å². The smallest absolute Gasteiger partial charge is 0.257 e. The zero-order valence-electron chi connectivity index (χ0n) is 16.8. The molecule has 0 bridgehead atoms. The van der Waals surface area contributed by atoms with Gasteiger partial charge < -0.3 is 13.9 Å². The number of hydrogen-bond acceptors (Lipinski definition) is 5. The molecule has 1 aromatic heterocycles. The number of fused-ring (bicyclic) bond motifs is 1. The summed E-state index contributed by atoms with van der Waals surface area (Å²) in [5, 5.41) is 3.01. The van der Waals surface area contributed by atoms with Gasteiger partial charge in [0, 0.05) is 5.56 Å². The lowest BCUT2D eigenvalue weighted by molar-refractivity contribution is 0.102. The second-order valence-electron chi connectivity index (χ2n) is 6.66. The molecule has 0 radical (unpaired) electrons. The third-order valence-corrected chi connectivity index (χ3v) is 4.80. The van der Waals surface area contributed by atoms with Gasteiger partial charge in [-0.05, 0) is 54.1 Å². The van der Waals surface area contributed by atoms with Crippen molar-refractivity contribution in [2.45, 2.75) is 0 Å². The van der Waals surface area contributed by atoms with E-state index in [1.54, 1.807) is 42.5 Å². The molecule has 1 amide bonds. The Labute approximate surface area is 176 Å². The Kier molecular flexibility index (Phi) is 5.41. The van der Waals surface area contributed by atoms with Gasteiger partial charge in [0.1, 0.15) is 11.4 Å². The molecule has 4 rings (SSSR count). The maximum Gasteiger partial charge on any atom is 0.257 e. The van der Waals surface area contributed by atoms with Crippen LogP contribution in [0.15, 0.2) is 75.9 Å². The van der Waals surface area contributed by atoms with Gasteiger partial charge in [0.2, 0.25) is 11.3 Å². The Balaban J connectivity index is 1.89. The summed E-state index contributed by atoms with van der Waals surface area (Å²) in [6.45, 7) is 0. The van der Waals surface area contributed by atoms with E-state index >= 15 is 0 Å². The minimum absolute atomic E-state index is 0.0229. The molecule has 0 unspecified atom stereocenters. The summed E-state index contributed by atoms with van der Waals surface area (Å²) in [5.74, 6) is -0.109. The normalized spacial score (nSPS) is 10.7. The number of anilines is 1. The highest BCUT2D eigenvalue weighted by molar-refractivity contribution is 6.06. The molecule has 31 heavy (non-hydrogen) atoms. The predicted octanol–water partition coefficient (Wildman–Crippen LogP) is 4.87. The second kappa shape index (κ2) is 8.31. The first-order chi connectivity index (χ1) is 15.0.